The summed E-state index contributed by atoms with van der Waals surface area (Å²) in [6, 6.07) is 29.6. The van der Waals surface area contributed by atoms with E-state index >= 15 is 0 Å². The lowest BCUT2D eigenvalue weighted by Gasteiger charge is -2.07. The number of thiophene rings is 1. The van der Waals surface area contributed by atoms with E-state index in [1.807, 2.05) is 84.2 Å². The Kier molecular flexibility index (Phi) is 6.15. The average Bonchev–Trinajstić information content (AvgIpc) is 3.72. The van der Waals surface area contributed by atoms with E-state index in [-0.39, 0.29) is 12.3 Å². The third kappa shape index (κ3) is 4.66. The Morgan fingerprint density at radius 1 is 0.925 bits per heavy atom. The Balaban J connectivity index is 1.10. The largest absolute Gasteiger partial charge is 0.436 e. The van der Waals surface area contributed by atoms with E-state index < -0.39 is 0 Å². The number of hydrogen-bond donors (Lipinski definition) is 2. The molecule has 0 fully saturated rings. The number of halogens is 1. The first-order valence-corrected chi connectivity index (χ1v) is 13.9. The van der Waals surface area contributed by atoms with E-state index in [0.29, 0.717) is 22.2 Å². The van der Waals surface area contributed by atoms with E-state index in [4.69, 9.17) is 21.0 Å². The quantitative estimate of drug-likeness (QED) is 0.213. The van der Waals surface area contributed by atoms with Crippen LogP contribution in [0.25, 0.3) is 55.0 Å². The minimum absolute atomic E-state index is 0.0870. The topological polar surface area (TPSA) is 83.8 Å². The summed E-state index contributed by atoms with van der Waals surface area (Å²) in [7, 11) is 0. The fourth-order valence-electron chi connectivity index (χ4n) is 4.81. The molecule has 1 amide bonds. The number of benzene rings is 4. The number of hydrogen-bond acceptors (Lipinski definition) is 5. The van der Waals surface area contributed by atoms with Crippen LogP contribution in [0.4, 0.5) is 5.69 Å². The van der Waals surface area contributed by atoms with Crippen LogP contribution in [0.5, 0.6) is 0 Å². The van der Waals surface area contributed by atoms with Gasteiger partial charge in [0.2, 0.25) is 11.8 Å². The van der Waals surface area contributed by atoms with Gasteiger partial charge in [-0.05, 0) is 69.9 Å². The molecule has 0 unspecified atom stereocenters. The Morgan fingerprint density at radius 2 is 1.75 bits per heavy atom. The van der Waals surface area contributed by atoms with Crippen LogP contribution in [0.15, 0.2) is 107 Å². The molecular formula is C32H21ClN4O2S. The summed E-state index contributed by atoms with van der Waals surface area (Å²) in [6.07, 6.45) is 1.99. The van der Waals surface area contributed by atoms with Crippen molar-refractivity contribution >= 4 is 55.7 Å². The molecule has 0 spiro atoms. The van der Waals surface area contributed by atoms with Crippen molar-refractivity contribution in [1.29, 1.82) is 0 Å². The van der Waals surface area contributed by atoms with Gasteiger partial charge >= 0.3 is 0 Å². The van der Waals surface area contributed by atoms with Crippen LogP contribution in [0.3, 0.4) is 0 Å². The van der Waals surface area contributed by atoms with Crippen LogP contribution in [-0.2, 0) is 11.2 Å². The molecule has 2 N–H and O–H groups in total. The number of nitrogens with zero attached hydrogens (tertiary/aromatic N) is 2. The summed E-state index contributed by atoms with van der Waals surface area (Å²) < 4.78 is 7.21. The second-order valence-electron chi connectivity index (χ2n) is 9.43. The Hall–Kier alpha value is -4.72. The first kappa shape index (κ1) is 24.3. The van der Waals surface area contributed by atoms with Crippen LogP contribution in [0.1, 0.15) is 5.56 Å². The van der Waals surface area contributed by atoms with Gasteiger partial charge in [-0.2, -0.15) is 5.10 Å². The second-order valence-corrected chi connectivity index (χ2v) is 10.8. The molecule has 3 heterocycles. The SMILES string of the molecule is O=C(Cc1csc2ccc(Cl)cc12)Nc1ccc(-c2[nH]ncc2-c2nc3cc(-c4ccccc4)ccc3o2)cc1. The van der Waals surface area contributed by atoms with Gasteiger partial charge in [-0.25, -0.2) is 4.98 Å². The van der Waals surface area contributed by atoms with Crippen molar-refractivity contribution in [1.82, 2.24) is 15.2 Å². The number of oxazole rings is 1. The first-order chi connectivity index (χ1) is 19.6. The highest BCUT2D eigenvalue weighted by Crippen LogP contribution is 2.34. The molecule has 7 rings (SSSR count). The lowest BCUT2D eigenvalue weighted by Crippen LogP contribution is -2.14. The first-order valence-electron chi connectivity index (χ1n) is 12.7. The number of anilines is 1. The van der Waals surface area contributed by atoms with Gasteiger partial charge in [0.1, 0.15) is 5.52 Å². The maximum Gasteiger partial charge on any atom is 0.231 e. The van der Waals surface area contributed by atoms with Gasteiger partial charge in [0, 0.05) is 21.0 Å². The summed E-state index contributed by atoms with van der Waals surface area (Å²) in [5, 5.41) is 14.0. The normalized spacial score (nSPS) is 11.3. The molecule has 6 nitrogen and oxygen atoms in total. The molecular weight excluding hydrogens is 540 g/mol. The number of H-pyrrole nitrogens is 1. The molecule has 0 saturated carbocycles. The maximum absolute atomic E-state index is 12.8. The van der Waals surface area contributed by atoms with Crippen LogP contribution >= 0.6 is 22.9 Å². The minimum Gasteiger partial charge on any atom is -0.436 e. The van der Waals surface area contributed by atoms with Gasteiger partial charge in [-0.15, -0.1) is 11.3 Å². The van der Waals surface area contributed by atoms with Crippen LogP contribution < -0.4 is 5.32 Å². The zero-order valence-electron chi connectivity index (χ0n) is 21.0. The highest BCUT2D eigenvalue weighted by atomic mass is 35.5. The smallest absolute Gasteiger partial charge is 0.231 e. The fourth-order valence-corrected chi connectivity index (χ4v) is 5.93. The monoisotopic (exact) mass is 560 g/mol. The second kappa shape index (κ2) is 10.1. The molecule has 0 radical (unpaired) electrons. The molecule has 7 aromatic rings. The fraction of sp³-hybridized carbons (Fsp3) is 0.0312. The van der Waals surface area contributed by atoms with Crippen molar-refractivity contribution in [3.8, 4) is 33.8 Å². The molecule has 0 saturated heterocycles. The predicted octanol–water partition coefficient (Wildman–Crippen LogP) is 8.60. The highest BCUT2D eigenvalue weighted by molar-refractivity contribution is 7.17. The zero-order valence-corrected chi connectivity index (χ0v) is 22.6. The van der Waals surface area contributed by atoms with Crippen molar-refractivity contribution in [3.63, 3.8) is 0 Å². The number of nitrogens with one attached hydrogen (secondary N) is 2. The number of aromatic nitrogens is 3. The highest BCUT2D eigenvalue weighted by Gasteiger charge is 2.17. The van der Waals surface area contributed by atoms with Crippen molar-refractivity contribution in [2.45, 2.75) is 6.42 Å². The number of carbonyl (C=O) groups is 1. The predicted molar refractivity (Wildman–Crippen MR) is 162 cm³/mol. The molecule has 0 aliphatic heterocycles. The lowest BCUT2D eigenvalue weighted by molar-refractivity contribution is -0.115. The molecule has 40 heavy (non-hydrogen) atoms. The third-order valence-corrected chi connectivity index (χ3v) is 8.04. The maximum atomic E-state index is 12.8. The van der Waals surface area contributed by atoms with Crippen LogP contribution in [0, 0.1) is 0 Å². The van der Waals surface area contributed by atoms with Gasteiger partial charge < -0.3 is 9.73 Å². The molecule has 0 bridgehead atoms. The number of carbonyl (C=O) groups excluding carboxylic acids is 1. The average molecular weight is 561 g/mol. The molecule has 0 aliphatic carbocycles. The molecule has 3 aromatic heterocycles. The Bertz CT molecular complexity index is 1990. The van der Waals surface area contributed by atoms with E-state index in [2.05, 4.69) is 27.6 Å². The van der Waals surface area contributed by atoms with Crippen molar-refractivity contribution < 1.29 is 9.21 Å². The summed E-state index contributed by atoms with van der Waals surface area (Å²) >= 11 is 7.77. The van der Waals surface area contributed by atoms with Gasteiger partial charge in [-0.1, -0.05) is 60.1 Å². The van der Waals surface area contributed by atoms with Gasteiger partial charge in [-0.3, -0.25) is 9.89 Å². The lowest BCUT2D eigenvalue weighted by atomic mass is 10.1. The van der Waals surface area contributed by atoms with Crippen LogP contribution in [-0.4, -0.2) is 21.1 Å². The molecule has 0 aliphatic rings. The summed E-state index contributed by atoms with van der Waals surface area (Å²) in [5.41, 5.74) is 7.81. The van der Waals surface area contributed by atoms with Crippen LogP contribution in [0.2, 0.25) is 5.02 Å². The Morgan fingerprint density at radius 3 is 2.60 bits per heavy atom. The summed E-state index contributed by atoms with van der Waals surface area (Å²) in [6.45, 7) is 0. The minimum atomic E-state index is -0.0870. The van der Waals surface area contributed by atoms with E-state index in [0.717, 1.165) is 49.1 Å². The van der Waals surface area contributed by atoms with Crippen molar-refractivity contribution in [2.24, 2.45) is 0 Å². The molecule has 8 heteroatoms. The number of fused-ring (bicyclic) bond motifs is 2. The zero-order chi connectivity index (χ0) is 27.1. The van der Waals surface area contributed by atoms with Gasteiger partial charge in [0.05, 0.1) is 23.9 Å². The Labute approximate surface area is 238 Å². The summed E-state index contributed by atoms with van der Waals surface area (Å²) in [5.74, 6) is 0.403. The van der Waals surface area contributed by atoms with E-state index in [1.54, 1.807) is 17.5 Å². The number of rotatable bonds is 6. The molecule has 194 valence electrons. The number of amides is 1. The van der Waals surface area contributed by atoms with Gasteiger partial charge in [0.15, 0.2) is 5.58 Å². The summed E-state index contributed by atoms with van der Waals surface area (Å²) in [4.78, 5) is 17.5. The molecule has 0 atom stereocenters. The van der Waals surface area contributed by atoms with Gasteiger partial charge in [0.25, 0.3) is 0 Å². The number of aromatic amines is 1. The van der Waals surface area contributed by atoms with Crippen molar-refractivity contribution in [3.05, 3.63) is 113 Å². The molecule has 4 aromatic carbocycles. The third-order valence-electron chi connectivity index (χ3n) is 6.79. The van der Waals surface area contributed by atoms with Crippen molar-refractivity contribution in [2.75, 3.05) is 5.32 Å². The standard InChI is InChI=1S/C32H21ClN4O2S/c33-23-9-13-29-25(16-23)22(18-40-29)15-30(38)35-24-10-6-20(7-11-24)31-26(17-34-37-31)32-36-27-14-21(8-12-28(27)39-32)19-4-2-1-3-5-19/h1-14,16-18H,15H2,(H,34,37)(H,35,38). The van der Waals surface area contributed by atoms with E-state index in [9.17, 15) is 4.79 Å². The van der Waals surface area contributed by atoms with E-state index in [1.165, 1.54) is 0 Å².